The van der Waals surface area contributed by atoms with Crippen LogP contribution in [0.2, 0.25) is 0 Å². The van der Waals surface area contributed by atoms with Gasteiger partial charge in [0.15, 0.2) is 5.58 Å². The number of imidazole rings is 1. The molecule has 4 heterocycles. The van der Waals surface area contributed by atoms with E-state index in [1.807, 2.05) is 24.3 Å². The van der Waals surface area contributed by atoms with Gasteiger partial charge in [-0.25, -0.2) is 4.98 Å². The fourth-order valence-corrected chi connectivity index (χ4v) is 10.8. The van der Waals surface area contributed by atoms with Crippen molar-refractivity contribution in [3.8, 4) is 61.7 Å². The maximum atomic E-state index is 9.18. The molecule has 0 N–H and O–H groups in total. The average molecular weight is 988 g/mol. The molecule has 0 radical (unpaired) electrons. The highest BCUT2D eigenvalue weighted by molar-refractivity contribution is 6.09. The third-order valence-electron chi connectivity index (χ3n) is 14.8. The Morgan fingerprint density at radius 3 is 2.00 bits per heavy atom. The van der Waals surface area contributed by atoms with Crippen LogP contribution in [0.1, 0.15) is 70.7 Å². The fraction of sp³-hybridized carbons (Fsp3) is 0.127. The van der Waals surface area contributed by atoms with Crippen molar-refractivity contribution in [2.75, 3.05) is 0 Å². The van der Waals surface area contributed by atoms with Crippen molar-refractivity contribution >= 4 is 43.8 Å². The Hall–Kier alpha value is -9.06. The predicted octanol–water partition coefficient (Wildman–Crippen LogP) is 17.8. The standard InChI is InChI=1S/C71H58N4O/c1-70(2,3)56-40-54(50-22-11-8-12-23-50)39-55(41-56)62-44-57(71(4,5)6)43-61(52-25-18-24-51(38-52)49-20-9-7-10-21-49)69(62)74-46-73(64-29-15-16-30-65(64)74)58-26-17-19-47(36-58)35-48-31-32-60-59-27-13-14-28-63(59)75(66(60)37-48)68-42-53-33-34-76-67(53)45-72-68/h7-34,36-45H,35H2,1-6H3/i8D,11D,12D,22D,23D. The lowest BCUT2D eigenvalue weighted by atomic mass is 9.80. The number of benzene rings is 9. The number of pyridine rings is 1. The summed E-state index contributed by atoms with van der Waals surface area (Å²) >= 11 is 0. The molecule has 0 bridgehead atoms. The van der Waals surface area contributed by atoms with E-state index < -0.39 is 6.04 Å². The van der Waals surface area contributed by atoms with E-state index in [2.05, 4.69) is 225 Å². The zero-order valence-electron chi connectivity index (χ0n) is 48.5. The lowest BCUT2D eigenvalue weighted by Gasteiger charge is -2.27. The lowest BCUT2D eigenvalue weighted by Crippen LogP contribution is -2.32. The summed E-state index contributed by atoms with van der Waals surface area (Å²) in [4.78, 5) is 4.88. The van der Waals surface area contributed by atoms with Crippen LogP contribution >= 0.6 is 0 Å². The molecule has 0 saturated heterocycles. The minimum absolute atomic E-state index is 0.167. The Morgan fingerprint density at radius 1 is 0.526 bits per heavy atom. The van der Waals surface area contributed by atoms with Gasteiger partial charge in [0.2, 0.25) is 0 Å². The molecule has 5 nitrogen and oxygen atoms in total. The van der Waals surface area contributed by atoms with E-state index in [4.69, 9.17) is 13.5 Å². The number of aromatic nitrogens is 4. The molecular formula is C71H58N4O. The van der Waals surface area contributed by atoms with E-state index in [-0.39, 0.29) is 40.6 Å². The van der Waals surface area contributed by atoms with E-state index in [1.54, 1.807) is 12.5 Å². The van der Waals surface area contributed by atoms with Gasteiger partial charge in [-0.1, -0.05) is 211 Å². The third-order valence-corrected chi connectivity index (χ3v) is 14.8. The topological polar surface area (TPSA) is 39.8 Å². The van der Waals surface area contributed by atoms with Crippen LogP contribution in [0.3, 0.4) is 0 Å². The van der Waals surface area contributed by atoms with E-state index in [0.717, 1.165) is 117 Å². The molecular weight excluding hydrogens is 925 g/mol. The Labute approximate surface area is 451 Å². The minimum Gasteiger partial charge on any atom is -0.463 e. The quantitative estimate of drug-likeness (QED) is 0.107. The van der Waals surface area contributed by atoms with Gasteiger partial charge in [0.25, 0.3) is 6.33 Å². The highest BCUT2D eigenvalue weighted by atomic mass is 16.3. The van der Waals surface area contributed by atoms with Crippen LogP contribution in [-0.4, -0.2) is 14.1 Å². The zero-order valence-corrected chi connectivity index (χ0v) is 43.5. The van der Waals surface area contributed by atoms with Gasteiger partial charge in [-0.05, 0) is 133 Å². The van der Waals surface area contributed by atoms with E-state index in [9.17, 15) is 2.74 Å². The second-order valence-corrected chi connectivity index (χ2v) is 22.0. The Morgan fingerprint density at radius 2 is 1.18 bits per heavy atom. The number of furan rings is 1. The summed E-state index contributed by atoms with van der Waals surface area (Å²) in [6.07, 6.45) is 8.11. The molecule has 0 saturated carbocycles. The first-order valence-corrected chi connectivity index (χ1v) is 26.0. The molecule has 0 fully saturated rings. The summed E-state index contributed by atoms with van der Waals surface area (Å²) in [6, 6.07) is 64.8. The first kappa shape index (κ1) is 41.3. The van der Waals surface area contributed by atoms with Crippen LogP contribution in [0.4, 0.5) is 0 Å². The van der Waals surface area contributed by atoms with Crippen molar-refractivity contribution in [2.45, 2.75) is 58.8 Å². The summed E-state index contributed by atoms with van der Waals surface area (Å²) < 4.78 is 56.6. The molecule has 76 heavy (non-hydrogen) atoms. The molecule has 9 aromatic carbocycles. The van der Waals surface area contributed by atoms with Crippen molar-refractivity contribution in [2.24, 2.45) is 0 Å². The second-order valence-electron chi connectivity index (χ2n) is 22.0. The molecule has 0 aliphatic heterocycles. The lowest BCUT2D eigenvalue weighted by molar-refractivity contribution is -0.571. The van der Waals surface area contributed by atoms with Crippen LogP contribution in [0.5, 0.6) is 0 Å². The number of hydrogen-bond acceptors (Lipinski definition) is 2. The highest BCUT2D eigenvalue weighted by Crippen LogP contribution is 2.43. The Kier molecular flexibility index (Phi) is 10.0. The van der Waals surface area contributed by atoms with Crippen LogP contribution < -0.4 is 4.57 Å². The van der Waals surface area contributed by atoms with Crippen molar-refractivity contribution < 1.29 is 15.8 Å². The minimum atomic E-state index is -0.420. The number of hydrogen-bond donors (Lipinski definition) is 0. The summed E-state index contributed by atoms with van der Waals surface area (Å²) in [5.74, 6) is 0.831. The molecule has 0 unspecified atom stereocenters. The largest absolute Gasteiger partial charge is 0.463 e. The first-order valence-electron chi connectivity index (χ1n) is 28.5. The van der Waals surface area contributed by atoms with Crippen LogP contribution in [0.15, 0.2) is 235 Å². The van der Waals surface area contributed by atoms with Crippen molar-refractivity contribution in [1.29, 1.82) is 0 Å². The first-order chi connectivity index (χ1) is 39.0. The monoisotopic (exact) mass is 987 g/mol. The van der Waals surface area contributed by atoms with Crippen molar-refractivity contribution in [3.05, 3.63) is 259 Å². The third kappa shape index (κ3) is 8.48. The highest BCUT2D eigenvalue weighted by Gasteiger charge is 2.26. The molecule has 0 aliphatic rings. The van der Waals surface area contributed by atoms with Gasteiger partial charge in [-0.3, -0.25) is 13.7 Å². The number of fused-ring (bicyclic) bond motifs is 5. The molecule has 368 valence electrons. The normalized spacial score (nSPS) is 13.1. The number of rotatable bonds is 9. The molecule has 0 atom stereocenters. The second kappa shape index (κ2) is 18.4. The SMILES string of the molecule is [2H]c1c([2H])c([2H])c(-c2cc(-c3cc(C(C)(C)C)cc(-c4cccc(-c5ccccc5)c4)c3-[n+]3[c-]n(-c4cccc(Cc5ccc6c7ccccc7n(-c7cc8ccoc8cn7)c6c5)c4)c4ccccc43)cc(C(C)(C)C)c2)c([2H])c1[2H]. The van der Waals surface area contributed by atoms with E-state index >= 15 is 0 Å². The van der Waals surface area contributed by atoms with Crippen LogP contribution in [-0.2, 0) is 17.3 Å². The van der Waals surface area contributed by atoms with Gasteiger partial charge in [-0.2, -0.15) is 0 Å². The van der Waals surface area contributed by atoms with E-state index in [0.29, 0.717) is 12.0 Å². The van der Waals surface area contributed by atoms with Gasteiger partial charge in [-0.15, -0.1) is 0 Å². The van der Waals surface area contributed by atoms with Crippen molar-refractivity contribution in [3.63, 3.8) is 0 Å². The van der Waals surface area contributed by atoms with Gasteiger partial charge >= 0.3 is 0 Å². The van der Waals surface area contributed by atoms with Crippen LogP contribution in [0.25, 0.3) is 106 Å². The molecule has 0 amide bonds. The maximum Gasteiger partial charge on any atom is 0.269 e. The number of nitrogens with zero attached hydrogens (tertiary/aromatic N) is 4. The van der Waals surface area contributed by atoms with Gasteiger partial charge in [0.05, 0.1) is 52.8 Å². The molecule has 4 aromatic heterocycles. The molecule has 13 aromatic rings. The van der Waals surface area contributed by atoms with Crippen LogP contribution in [0, 0.1) is 6.33 Å². The Balaban J connectivity index is 1.02. The summed E-state index contributed by atoms with van der Waals surface area (Å²) in [5, 5.41) is 3.32. The molecule has 0 aliphatic carbocycles. The zero-order chi connectivity index (χ0) is 56.1. The van der Waals surface area contributed by atoms with Gasteiger partial charge in [0, 0.05) is 16.2 Å². The van der Waals surface area contributed by atoms with Gasteiger partial charge in [0.1, 0.15) is 5.82 Å². The maximum absolute atomic E-state index is 9.18. The van der Waals surface area contributed by atoms with Crippen molar-refractivity contribution in [1.82, 2.24) is 14.1 Å². The Bertz CT molecular complexity index is 4620. The average Bonchev–Trinajstić information content (AvgIpc) is 4.10. The summed E-state index contributed by atoms with van der Waals surface area (Å²) in [5.41, 5.74) is 17.0. The molecule has 0 spiro atoms. The fourth-order valence-electron chi connectivity index (χ4n) is 10.8. The van der Waals surface area contributed by atoms with Gasteiger partial charge < -0.3 is 4.42 Å². The summed E-state index contributed by atoms with van der Waals surface area (Å²) in [6.45, 7) is 13.1. The van der Waals surface area contributed by atoms with E-state index in [1.165, 1.54) is 0 Å². The molecule has 13 rings (SSSR count). The smallest absolute Gasteiger partial charge is 0.269 e. The molecule has 5 heteroatoms. The predicted molar refractivity (Wildman–Crippen MR) is 314 cm³/mol. The summed E-state index contributed by atoms with van der Waals surface area (Å²) in [7, 11) is 0. The number of para-hydroxylation sites is 3.